The molecule has 0 aromatic heterocycles. The van der Waals surface area contributed by atoms with Crippen LogP contribution < -0.4 is 5.32 Å². The summed E-state index contributed by atoms with van der Waals surface area (Å²) < 4.78 is 27.6. The fourth-order valence-electron chi connectivity index (χ4n) is 3.01. The van der Waals surface area contributed by atoms with E-state index in [0.29, 0.717) is 34.3 Å². The van der Waals surface area contributed by atoms with Crippen molar-refractivity contribution in [2.24, 2.45) is 11.8 Å². The summed E-state index contributed by atoms with van der Waals surface area (Å²) in [5.74, 6) is 1.11. The van der Waals surface area contributed by atoms with Crippen molar-refractivity contribution in [1.82, 2.24) is 9.62 Å². The lowest BCUT2D eigenvalue weighted by molar-refractivity contribution is 0.228. The van der Waals surface area contributed by atoms with Gasteiger partial charge in [0.2, 0.25) is 10.0 Å². The quantitative estimate of drug-likeness (QED) is 0.853. The van der Waals surface area contributed by atoms with Crippen molar-refractivity contribution in [3.05, 3.63) is 28.7 Å². The number of nitrogens with zero attached hydrogens (tertiary/aromatic N) is 1. The molecule has 2 saturated heterocycles. The molecular formula is C13H18BrClN2O2S. The lowest BCUT2D eigenvalue weighted by atomic mass is 9.90. The SMILES string of the molecule is Cl.O=S(=O)(c1ccccc1Br)N1CCC2CNCC2C1. The molecule has 0 spiro atoms. The standard InChI is InChI=1S/C13H17BrN2O2S.ClH/c14-12-3-1-2-4-13(12)19(17,18)16-6-5-10-7-15-8-11(10)9-16;/h1-4,10-11,15H,5-9H2;1H. The number of piperidine rings is 1. The average molecular weight is 382 g/mol. The van der Waals surface area contributed by atoms with E-state index in [-0.39, 0.29) is 12.4 Å². The molecule has 20 heavy (non-hydrogen) atoms. The summed E-state index contributed by atoms with van der Waals surface area (Å²) in [6, 6.07) is 7.03. The summed E-state index contributed by atoms with van der Waals surface area (Å²) in [7, 11) is -3.37. The van der Waals surface area contributed by atoms with Crippen molar-refractivity contribution in [2.45, 2.75) is 11.3 Å². The normalized spacial score (nSPS) is 26.9. The molecule has 2 aliphatic rings. The molecule has 2 atom stereocenters. The van der Waals surface area contributed by atoms with Gasteiger partial charge < -0.3 is 5.32 Å². The molecule has 0 bridgehead atoms. The Hall–Kier alpha value is -0.140. The van der Waals surface area contributed by atoms with Crippen LogP contribution in [-0.4, -0.2) is 38.9 Å². The second kappa shape index (κ2) is 6.32. The van der Waals surface area contributed by atoms with E-state index in [9.17, 15) is 8.42 Å². The molecule has 7 heteroatoms. The summed E-state index contributed by atoms with van der Waals surface area (Å²) in [5.41, 5.74) is 0. The van der Waals surface area contributed by atoms with Crippen molar-refractivity contribution in [1.29, 1.82) is 0 Å². The molecule has 0 radical (unpaired) electrons. The minimum atomic E-state index is -3.37. The molecule has 0 aliphatic carbocycles. The van der Waals surface area contributed by atoms with Crippen LogP contribution in [-0.2, 0) is 10.0 Å². The molecule has 0 saturated carbocycles. The Bertz CT molecular complexity index is 581. The maximum Gasteiger partial charge on any atom is 0.244 e. The number of hydrogen-bond donors (Lipinski definition) is 1. The number of hydrogen-bond acceptors (Lipinski definition) is 3. The predicted octanol–water partition coefficient (Wildman–Crippen LogP) is 2.10. The van der Waals surface area contributed by atoms with Gasteiger partial charge in [0.05, 0.1) is 4.90 Å². The van der Waals surface area contributed by atoms with Crippen molar-refractivity contribution in [3.63, 3.8) is 0 Å². The number of sulfonamides is 1. The molecule has 1 aromatic carbocycles. The monoisotopic (exact) mass is 380 g/mol. The fraction of sp³-hybridized carbons (Fsp3) is 0.538. The first-order valence-electron chi connectivity index (χ1n) is 6.54. The Morgan fingerprint density at radius 3 is 2.65 bits per heavy atom. The second-order valence-corrected chi connectivity index (χ2v) is 8.02. The molecule has 2 unspecified atom stereocenters. The van der Waals surface area contributed by atoms with E-state index in [1.54, 1.807) is 22.5 Å². The van der Waals surface area contributed by atoms with Gasteiger partial charge in [-0.15, -0.1) is 12.4 Å². The molecule has 0 amide bonds. The van der Waals surface area contributed by atoms with Crippen LogP contribution in [0.5, 0.6) is 0 Å². The Labute approximate surface area is 134 Å². The van der Waals surface area contributed by atoms with Gasteiger partial charge in [0.15, 0.2) is 0 Å². The van der Waals surface area contributed by atoms with E-state index >= 15 is 0 Å². The summed E-state index contributed by atoms with van der Waals surface area (Å²) in [6.45, 7) is 3.24. The molecule has 2 fully saturated rings. The zero-order valence-corrected chi connectivity index (χ0v) is 14.2. The molecule has 4 nitrogen and oxygen atoms in total. The lowest BCUT2D eigenvalue weighted by Gasteiger charge is -2.33. The van der Waals surface area contributed by atoms with E-state index in [1.807, 2.05) is 6.07 Å². The van der Waals surface area contributed by atoms with Gasteiger partial charge in [-0.3, -0.25) is 0 Å². The summed E-state index contributed by atoms with van der Waals surface area (Å²) in [5, 5.41) is 3.36. The van der Waals surface area contributed by atoms with Crippen LogP contribution in [0.1, 0.15) is 6.42 Å². The molecule has 3 rings (SSSR count). The minimum Gasteiger partial charge on any atom is -0.316 e. The average Bonchev–Trinajstić information content (AvgIpc) is 2.86. The first-order chi connectivity index (χ1) is 9.09. The number of rotatable bonds is 2. The zero-order chi connectivity index (χ0) is 13.5. The third kappa shape index (κ3) is 2.90. The third-order valence-corrected chi connectivity index (χ3v) is 7.00. The van der Waals surface area contributed by atoms with Gasteiger partial charge in [0.25, 0.3) is 0 Å². The summed E-state index contributed by atoms with van der Waals surface area (Å²) in [6.07, 6.45) is 0.960. The zero-order valence-electron chi connectivity index (χ0n) is 11.0. The van der Waals surface area contributed by atoms with Crippen molar-refractivity contribution in [3.8, 4) is 0 Å². The first-order valence-corrected chi connectivity index (χ1v) is 8.78. The van der Waals surface area contributed by atoms with E-state index in [4.69, 9.17) is 0 Å². The number of benzene rings is 1. The number of halogens is 2. The maximum absolute atomic E-state index is 12.7. The highest BCUT2D eigenvalue weighted by atomic mass is 79.9. The topological polar surface area (TPSA) is 49.4 Å². The Balaban J connectivity index is 0.00000147. The molecule has 2 heterocycles. The van der Waals surface area contributed by atoms with Gasteiger partial charge in [-0.25, -0.2) is 8.42 Å². The van der Waals surface area contributed by atoms with Gasteiger partial charge >= 0.3 is 0 Å². The third-order valence-electron chi connectivity index (χ3n) is 4.12. The molecule has 112 valence electrons. The Kier molecular flexibility index (Phi) is 5.13. The van der Waals surface area contributed by atoms with Crippen LogP contribution in [0.4, 0.5) is 0 Å². The van der Waals surface area contributed by atoms with Gasteiger partial charge in [0, 0.05) is 17.6 Å². The Morgan fingerprint density at radius 2 is 1.90 bits per heavy atom. The highest BCUT2D eigenvalue weighted by Crippen LogP contribution is 2.32. The first kappa shape index (κ1) is 16.2. The van der Waals surface area contributed by atoms with Crippen LogP contribution >= 0.6 is 28.3 Å². The largest absolute Gasteiger partial charge is 0.316 e. The van der Waals surface area contributed by atoms with Crippen LogP contribution in [0.3, 0.4) is 0 Å². The smallest absolute Gasteiger partial charge is 0.244 e. The molecule has 2 aliphatic heterocycles. The second-order valence-electron chi connectivity index (χ2n) is 5.26. The van der Waals surface area contributed by atoms with Crippen LogP contribution in [0.15, 0.2) is 33.6 Å². The number of fused-ring (bicyclic) bond motifs is 1. The van der Waals surface area contributed by atoms with Crippen molar-refractivity contribution < 1.29 is 8.42 Å². The maximum atomic E-state index is 12.7. The van der Waals surface area contributed by atoms with Crippen molar-refractivity contribution in [2.75, 3.05) is 26.2 Å². The molecule has 1 aromatic rings. The van der Waals surface area contributed by atoms with E-state index in [0.717, 1.165) is 19.5 Å². The molecular weight excluding hydrogens is 364 g/mol. The highest BCUT2D eigenvalue weighted by molar-refractivity contribution is 9.10. The van der Waals surface area contributed by atoms with Crippen molar-refractivity contribution >= 4 is 38.4 Å². The van der Waals surface area contributed by atoms with Gasteiger partial charge in [-0.2, -0.15) is 4.31 Å². The number of nitrogens with one attached hydrogen (secondary N) is 1. The van der Waals surface area contributed by atoms with Gasteiger partial charge in [0.1, 0.15) is 0 Å². The minimum absolute atomic E-state index is 0. The predicted molar refractivity (Wildman–Crippen MR) is 84.6 cm³/mol. The van der Waals surface area contributed by atoms with E-state index in [2.05, 4.69) is 21.2 Å². The fourth-order valence-corrected chi connectivity index (χ4v) is 5.49. The van der Waals surface area contributed by atoms with E-state index in [1.165, 1.54) is 0 Å². The highest BCUT2D eigenvalue weighted by Gasteiger charge is 2.38. The lowest BCUT2D eigenvalue weighted by Crippen LogP contribution is -2.43. The van der Waals surface area contributed by atoms with E-state index < -0.39 is 10.0 Å². The van der Waals surface area contributed by atoms with Crippen LogP contribution in [0.2, 0.25) is 0 Å². The summed E-state index contributed by atoms with van der Waals surface area (Å²) in [4.78, 5) is 0.374. The van der Waals surface area contributed by atoms with Gasteiger partial charge in [-0.1, -0.05) is 12.1 Å². The molecule has 1 N–H and O–H groups in total. The van der Waals surface area contributed by atoms with Crippen LogP contribution in [0, 0.1) is 11.8 Å². The van der Waals surface area contributed by atoms with Crippen LogP contribution in [0.25, 0.3) is 0 Å². The summed E-state index contributed by atoms with van der Waals surface area (Å²) >= 11 is 3.34. The Morgan fingerprint density at radius 1 is 1.20 bits per heavy atom. The van der Waals surface area contributed by atoms with Gasteiger partial charge in [-0.05, 0) is 59.4 Å².